The third kappa shape index (κ3) is 15.6. The van der Waals surface area contributed by atoms with Gasteiger partial charge >= 0.3 is 12.2 Å². The Kier molecular flexibility index (Phi) is 19.6. The minimum absolute atomic E-state index is 0.0273. The van der Waals surface area contributed by atoms with E-state index in [0.717, 1.165) is 73.6 Å². The van der Waals surface area contributed by atoms with Crippen molar-refractivity contribution in [1.82, 2.24) is 10.4 Å². The van der Waals surface area contributed by atoms with Crippen LogP contribution in [0.25, 0.3) is 0 Å². The van der Waals surface area contributed by atoms with Gasteiger partial charge in [-0.15, -0.1) is 0 Å². The zero-order chi connectivity index (χ0) is 39.3. The molecule has 4 atom stereocenters. The quantitative estimate of drug-likeness (QED) is 0.117. The third-order valence-electron chi connectivity index (χ3n) is 8.72. The molecule has 2 aliphatic carbocycles. The highest BCUT2D eigenvalue weighted by atomic mass is 16.8. The Morgan fingerprint density at radius 3 is 1.51 bits per heavy atom. The number of allylic oxidation sites excluding steroid dienone is 4. The number of para-hydroxylation sites is 2. The van der Waals surface area contributed by atoms with E-state index in [1.807, 2.05) is 38.1 Å². The van der Waals surface area contributed by atoms with Gasteiger partial charge in [0.05, 0.1) is 6.07 Å². The van der Waals surface area contributed by atoms with Gasteiger partial charge in [0.15, 0.2) is 0 Å². The van der Waals surface area contributed by atoms with Crippen LogP contribution in [0.2, 0.25) is 0 Å². The second-order valence-electron chi connectivity index (χ2n) is 13.1. The number of nitrogens with one attached hydrogen (secondary N) is 1. The summed E-state index contributed by atoms with van der Waals surface area (Å²) in [7, 11) is 0. The molecular weight excluding hydrogens is 676 g/mol. The van der Waals surface area contributed by atoms with Crippen molar-refractivity contribution in [3.63, 3.8) is 0 Å². The highest BCUT2D eigenvalue weighted by Crippen LogP contribution is 2.24. The Morgan fingerprint density at radius 1 is 0.698 bits per heavy atom. The van der Waals surface area contributed by atoms with E-state index in [-0.39, 0.29) is 37.0 Å². The van der Waals surface area contributed by atoms with Crippen LogP contribution in [-0.2, 0) is 14.4 Å². The zero-order valence-corrected chi connectivity index (χ0v) is 31.6. The van der Waals surface area contributed by atoms with Crippen molar-refractivity contribution in [1.29, 1.82) is 5.26 Å². The lowest BCUT2D eigenvalue weighted by atomic mass is 9.96. The summed E-state index contributed by atoms with van der Waals surface area (Å²) in [4.78, 5) is 50.9. The number of carbonyl (C=O) groups excluding carboxylic acids is 4. The molecular formula is C40H56N6O7. The molecule has 1 saturated heterocycles. The molecule has 2 aromatic rings. The molecule has 0 saturated carbocycles. The molecule has 0 aromatic heterocycles. The zero-order valence-electron chi connectivity index (χ0n) is 31.6. The summed E-state index contributed by atoms with van der Waals surface area (Å²) in [5, 5.41) is 10.7. The summed E-state index contributed by atoms with van der Waals surface area (Å²) in [5.74, 6) is -0.0761. The highest BCUT2D eigenvalue weighted by molar-refractivity contribution is 6.01. The molecule has 1 heterocycles. The number of nitrogens with two attached hydrogens (primary N) is 3. The van der Waals surface area contributed by atoms with E-state index in [0.29, 0.717) is 16.6 Å². The lowest BCUT2D eigenvalue weighted by molar-refractivity contribution is -0.174. The van der Waals surface area contributed by atoms with E-state index < -0.39 is 24.1 Å². The first-order chi connectivity index (χ1) is 25.3. The van der Waals surface area contributed by atoms with Crippen LogP contribution in [0.4, 0.5) is 9.59 Å². The van der Waals surface area contributed by atoms with Gasteiger partial charge in [-0.3, -0.25) is 14.4 Å². The average molecular weight is 733 g/mol. The number of amides is 3. The summed E-state index contributed by atoms with van der Waals surface area (Å²) < 4.78 is 10.5. The first kappa shape index (κ1) is 44.1. The molecule has 1 fully saturated rings. The van der Waals surface area contributed by atoms with Gasteiger partial charge in [0.1, 0.15) is 11.5 Å². The second kappa shape index (κ2) is 23.5. The predicted octanol–water partition coefficient (Wildman–Crippen LogP) is 6.40. The van der Waals surface area contributed by atoms with Crippen LogP contribution in [0.5, 0.6) is 11.5 Å². The Bertz CT molecular complexity index is 1550. The van der Waals surface area contributed by atoms with E-state index in [1.165, 1.54) is 6.92 Å². The molecule has 53 heavy (non-hydrogen) atoms. The molecule has 7 N–H and O–H groups in total. The molecule has 3 aliphatic rings. The highest BCUT2D eigenvalue weighted by Gasteiger charge is 2.33. The molecule has 0 spiro atoms. The maximum atomic E-state index is 12.1. The van der Waals surface area contributed by atoms with Crippen LogP contribution in [0.15, 0.2) is 60.7 Å². The van der Waals surface area contributed by atoms with Crippen molar-refractivity contribution >= 4 is 24.1 Å². The van der Waals surface area contributed by atoms with E-state index in [4.69, 9.17) is 31.9 Å². The number of rotatable bonds is 4. The monoisotopic (exact) mass is 732 g/mol. The number of hydroxylamine groups is 2. The van der Waals surface area contributed by atoms with Crippen LogP contribution < -0.4 is 32.0 Å². The number of ether oxygens (including phenoxy) is 2. The third-order valence-corrected chi connectivity index (χ3v) is 8.72. The fourth-order valence-corrected chi connectivity index (χ4v) is 5.66. The summed E-state index contributed by atoms with van der Waals surface area (Å²) in [6, 6.07) is 13.3. The molecule has 3 amide bonds. The molecule has 288 valence electrons. The van der Waals surface area contributed by atoms with Gasteiger partial charge in [0, 0.05) is 43.9 Å². The SMILES string of the molecule is CC#N.Cc1cccc(C)c1OC(=O)N[C@@H]1CC/C=C/CC[C@@H]1N.Cc1cccc(C)c1OC(=O)ON1C(=O)CCC1=O.N[C@@H]1CC/C=C/CC[C@@H]1N. The summed E-state index contributed by atoms with van der Waals surface area (Å²) >= 11 is 0. The van der Waals surface area contributed by atoms with Crippen LogP contribution in [0.1, 0.15) is 93.4 Å². The maximum Gasteiger partial charge on any atom is 0.539 e. The number of carbonyl (C=O) groups is 4. The normalized spacial score (nSPS) is 22.1. The summed E-state index contributed by atoms with van der Waals surface area (Å²) in [6.07, 6.45) is 15.2. The van der Waals surface area contributed by atoms with Gasteiger partial charge in [-0.25, -0.2) is 9.59 Å². The minimum atomic E-state index is -1.10. The molecule has 13 heteroatoms. The molecule has 5 rings (SSSR count). The number of hydrogen-bond acceptors (Lipinski definition) is 11. The molecule has 0 bridgehead atoms. The van der Waals surface area contributed by atoms with E-state index >= 15 is 0 Å². The number of benzene rings is 2. The first-order valence-corrected chi connectivity index (χ1v) is 18.0. The van der Waals surface area contributed by atoms with Gasteiger partial charge in [-0.05, 0) is 101 Å². The van der Waals surface area contributed by atoms with Crippen LogP contribution in [0, 0.1) is 39.0 Å². The molecule has 13 nitrogen and oxygen atoms in total. The fourth-order valence-electron chi connectivity index (χ4n) is 5.66. The van der Waals surface area contributed by atoms with E-state index in [2.05, 4.69) is 34.5 Å². The van der Waals surface area contributed by atoms with Crippen molar-refractivity contribution in [2.24, 2.45) is 17.2 Å². The van der Waals surface area contributed by atoms with Crippen LogP contribution in [0.3, 0.4) is 0 Å². The second-order valence-corrected chi connectivity index (χ2v) is 13.1. The summed E-state index contributed by atoms with van der Waals surface area (Å²) in [5.41, 5.74) is 21.2. The van der Waals surface area contributed by atoms with Crippen molar-refractivity contribution in [3.05, 3.63) is 83.0 Å². The first-order valence-electron chi connectivity index (χ1n) is 18.0. The largest absolute Gasteiger partial charge is 0.539 e. The van der Waals surface area contributed by atoms with Gasteiger partial charge in [0.25, 0.3) is 11.8 Å². The fraction of sp³-hybridized carbons (Fsp3) is 0.475. The number of hydrogen-bond donors (Lipinski definition) is 4. The molecule has 0 radical (unpaired) electrons. The van der Waals surface area contributed by atoms with Crippen molar-refractivity contribution < 1.29 is 33.5 Å². The Hall–Kier alpha value is -5.03. The average Bonchev–Trinajstić information content (AvgIpc) is 3.41. The Balaban J connectivity index is 0.000000279. The van der Waals surface area contributed by atoms with Crippen LogP contribution in [-0.4, -0.2) is 53.3 Å². The smallest absolute Gasteiger partial charge is 0.410 e. The topological polar surface area (TPSA) is 213 Å². The molecule has 0 unspecified atom stereocenters. The Labute approximate surface area is 313 Å². The van der Waals surface area contributed by atoms with Gasteiger partial charge < -0.3 is 32.0 Å². The van der Waals surface area contributed by atoms with Crippen molar-refractivity contribution in [2.75, 3.05) is 0 Å². The van der Waals surface area contributed by atoms with Crippen LogP contribution >= 0.6 is 0 Å². The van der Waals surface area contributed by atoms with Crippen molar-refractivity contribution in [2.45, 2.75) is 123 Å². The van der Waals surface area contributed by atoms with Gasteiger partial charge in [-0.1, -0.05) is 65.8 Å². The van der Waals surface area contributed by atoms with E-state index in [1.54, 1.807) is 32.0 Å². The molecule has 1 aliphatic heterocycles. The lowest BCUT2D eigenvalue weighted by Crippen LogP contribution is -2.48. The Morgan fingerprint density at radius 2 is 1.08 bits per heavy atom. The van der Waals surface area contributed by atoms with Gasteiger partial charge in [0.2, 0.25) is 0 Å². The number of nitriles is 1. The number of nitrogens with zero attached hydrogens (tertiary/aromatic N) is 2. The number of imide groups is 1. The van der Waals surface area contributed by atoms with Gasteiger partial charge in [-0.2, -0.15) is 5.26 Å². The lowest BCUT2D eigenvalue weighted by Gasteiger charge is -2.25. The minimum Gasteiger partial charge on any atom is -0.410 e. The summed E-state index contributed by atoms with van der Waals surface area (Å²) in [6.45, 7) is 8.85. The standard InChI is InChI=1S/C17H24N2O2.C13H13NO5.C8H16N2.C2H3N/c1-12-8-7-9-13(2)16(12)21-17(20)19-15-11-6-4-3-5-10-14(15)18;1-8-4-3-5-9(2)12(8)18-13(17)19-14-10(15)6-7-11(14)16;9-7-5-3-1-2-4-6-8(7)10;1-2-3/h3-4,7-9,14-15H,5-6,10-11,18H2,1-2H3,(H,19,20);3-5H,6-7H2,1-2H3;1-2,7-8H,3-6,9-10H2;1H3/b4-3+;;2-1+;/t14-,15+;;7-,8+;/m0.../s1. The predicted molar refractivity (Wildman–Crippen MR) is 203 cm³/mol. The van der Waals surface area contributed by atoms with E-state index in [9.17, 15) is 19.2 Å². The maximum absolute atomic E-state index is 12.1. The number of aryl methyl sites for hydroxylation is 4. The molecule has 2 aromatic carbocycles. The van der Waals surface area contributed by atoms with Crippen molar-refractivity contribution in [3.8, 4) is 17.6 Å².